The second-order valence-corrected chi connectivity index (χ2v) is 15.5. The van der Waals surface area contributed by atoms with Crippen LogP contribution in [0, 0.1) is 5.41 Å². The molecule has 2 aliphatic heterocycles. The van der Waals surface area contributed by atoms with Crippen molar-refractivity contribution >= 4 is 35.8 Å². The van der Waals surface area contributed by atoms with Crippen LogP contribution in [0.2, 0.25) is 0 Å². The second kappa shape index (κ2) is 16.5. The van der Waals surface area contributed by atoms with Crippen LogP contribution in [0.15, 0.2) is 96.6 Å². The number of hydrogen-bond acceptors (Lipinski definition) is 11. The lowest BCUT2D eigenvalue weighted by atomic mass is 9.90. The summed E-state index contributed by atoms with van der Waals surface area (Å²) >= 11 is 0. The van der Waals surface area contributed by atoms with Gasteiger partial charge in [-0.3, -0.25) is 9.59 Å². The van der Waals surface area contributed by atoms with Crippen molar-refractivity contribution in [3.63, 3.8) is 0 Å². The van der Waals surface area contributed by atoms with E-state index in [0.717, 1.165) is 16.7 Å². The predicted molar refractivity (Wildman–Crippen MR) is 205 cm³/mol. The largest absolute Gasteiger partial charge is 0.462 e. The smallest absolute Gasteiger partial charge is 0.348 e. The molecule has 3 aromatic rings. The summed E-state index contributed by atoms with van der Waals surface area (Å²) in [7, 11) is 1.55. The fourth-order valence-corrected chi connectivity index (χ4v) is 7.79. The van der Waals surface area contributed by atoms with Crippen molar-refractivity contribution in [3.8, 4) is 0 Å². The minimum atomic E-state index is -1.03. The topological polar surface area (TPSA) is 167 Å². The van der Waals surface area contributed by atoms with Crippen molar-refractivity contribution in [2.24, 2.45) is 5.41 Å². The maximum atomic E-state index is 14.3. The normalized spacial score (nSPS) is 23.2. The molecule has 2 heterocycles. The van der Waals surface area contributed by atoms with Gasteiger partial charge in [-0.15, -0.1) is 0 Å². The van der Waals surface area contributed by atoms with Gasteiger partial charge in [-0.05, 0) is 46.5 Å². The molecule has 298 valence electrons. The third kappa shape index (κ3) is 8.70. The number of likely N-dealkylation sites (N-methyl/N-ethyl adjacent to an activating group) is 1. The maximum Gasteiger partial charge on any atom is 0.348 e. The van der Waals surface area contributed by atoms with Crippen molar-refractivity contribution in [2.75, 3.05) is 26.8 Å². The van der Waals surface area contributed by atoms with Gasteiger partial charge in [-0.1, -0.05) is 80.6 Å². The Labute approximate surface area is 330 Å². The van der Waals surface area contributed by atoms with Crippen LogP contribution < -0.4 is 5.32 Å². The highest BCUT2D eigenvalue weighted by molar-refractivity contribution is 5.97. The molecule has 0 radical (unpaired) electrons. The summed E-state index contributed by atoms with van der Waals surface area (Å²) in [5, 5.41) is 12.1. The summed E-state index contributed by atoms with van der Waals surface area (Å²) < 4.78 is 29.9. The summed E-state index contributed by atoms with van der Waals surface area (Å²) in [6.45, 7) is 3.46. The Morgan fingerprint density at radius 3 is 2.37 bits per heavy atom. The monoisotopic (exact) mass is 778 g/mol. The quantitative estimate of drug-likeness (QED) is 0.157. The van der Waals surface area contributed by atoms with Crippen LogP contribution >= 0.6 is 0 Å². The van der Waals surface area contributed by atoms with E-state index in [1.54, 1.807) is 51.2 Å². The third-order valence-electron chi connectivity index (χ3n) is 10.8. The molecule has 0 aromatic heterocycles. The molecular formula is C44H46N2O11. The molecule has 2 aliphatic carbocycles. The van der Waals surface area contributed by atoms with Gasteiger partial charge in [0.15, 0.2) is 5.79 Å². The fraction of sp³-hybridized carbons (Fsp3) is 0.386. The van der Waals surface area contributed by atoms with Crippen molar-refractivity contribution in [2.45, 2.75) is 75.8 Å². The summed E-state index contributed by atoms with van der Waals surface area (Å²) in [5.74, 6) is -3.90. The number of nitrogens with zero attached hydrogens (tertiary/aromatic N) is 1. The predicted octanol–water partition coefficient (Wildman–Crippen LogP) is 3.51. The van der Waals surface area contributed by atoms with E-state index in [2.05, 4.69) is 5.32 Å². The highest BCUT2D eigenvalue weighted by Gasteiger charge is 2.55. The second-order valence-electron chi connectivity index (χ2n) is 15.5. The Balaban J connectivity index is 1.11. The van der Waals surface area contributed by atoms with Crippen LogP contribution in [0.5, 0.6) is 0 Å². The number of esters is 3. The van der Waals surface area contributed by atoms with Crippen LogP contribution in [-0.4, -0.2) is 103 Å². The number of amides is 2. The summed E-state index contributed by atoms with van der Waals surface area (Å²) in [4.78, 5) is 67.7. The van der Waals surface area contributed by atoms with Crippen LogP contribution in [-0.2, 0) is 62.1 Å². The van der Waals surface area contributed by atoms with E-state index in [9.17, 15) is 29.1 Å². The van der Waals surface area contributed by atoms with Gasteiger partial charge in [0.05, 0.1) is 12.2 Å². The van der Waals surface area contributed by atoms with Gasteiger partial charge in [0, 0.05) is 56.3 Å². The molecule has 13 nitrogen and oxygen atoms in total. The zero-order chi connectivity index (χ0) is 40.3. The molecule has 7 rings (SSSR count). The van der Waals surface area contributed by atoms with Gasteiger partial charge < -0.3 is 39.0 Å². The lowest BCUT2D eigenvalue weighted by Crippen LogP contribution is -2.51. The standard InChI is InChI=1S/C44H46N2O11/c1-43(2)26-53-42(52)38(43)55-36(48)17-16-28-12-9-15-29(20-28)41(51)54-34-22-32(23-35-37(34)57-44(56-35)24-30-13-7-8-14-31(30)25-44)40(50)46(3)33(39(49)45-18-19-47)21-27-10-5-4-6-11-27/h4-17,20,23,33-35,37-38,47H,18-19,21-22,24-26H2,1-3H3,(H,45,49)/t33-,34-,35-,37+,38+/m1/s1. The first kappa shape index (κ1) is 39.6. The molecule has 0 bridgehead atoms. The summed E-state index contributed by atoms with van der Waals surface area (Å²) in [6.07, 6.45) is 2.10. The molecule has 0 saturated carbocycles. The van der Waals surface area contributed by atoms with E-state index in [4.69, 9.17) is 23.7 Å². The number of rotatable bonds is 12. The van der Waals surface area contributed by atoms with Crippen LogP contribution in [0.3, 0.4) is 0 Å². The van der Waals surface area contributed by atoms with Crippen LogP contribution in [0.4, 0.5) is 0 Å². The SMILES string of the molecule is CN(C(=O)C1=C[C@H]2OC3(Cc4ccccc4C3)O[C@H]2[C@H](OC(=O)c2cccc(C=CC(=O)O[C@H]3C(=O)OCC3(C)C)c2)C1)[C@H](Cc1ccccc1)C(=O)NCCO. The molecular weight excluding hydrogens is 732 g/mol. The van der Waals surface area contributed by atoms with E-state index in [1.165, 1.54) is 17.1 Å². The van der Waals surface area contributed by atoms with Crippen molar-refractivity contribution in [1.82, 2.24) is 10.2 Å². The average molecular weight is 779 g/mol. The lowest BCUT2D eigenvalue weighted by Gasteiger charge is -2.33. The van der Waals surface area contributed by atoms with Crippen LogP contribution in [0.1, 0.15) is 52.9 Å². The number of ether oxygens (including phenoxy) is 5. The third-order valence-corrected chi connectivity index (χ3v) is 10.8. The fourth-order valence-electron chi connectivity index (χ4n) is 7.79. The molecule has 3 aromatic carbocycles. The Kier molecular flexibility index (Phi) is 11.4. The van der Waals surface area contributed by atoms with E-state index >= 15 is 0 Å². The molecule has 0 unspecified atom stereocenters. The van der Waals surface area contributed by atoms with Gasteiger partial charge >= 0.3 is 17.9 Å². The highest BCUT2D eigenvalue weighted by Crippen LogP contribution is 2.45. The number of fused-ring (bicyclic) bond motifs is 2. The highest BCUT2D eigenvalue weighted by atomic mass is 16.8. The zero-order valence-electron chi connectivity index (χ0n) is 32.1. The summed E-state index contributed by atoms with van der Waals surface area (Å²) in [6, 6.07) is 22.8. The minimum Gasteiger partial charge on any atom is -0.462 e. The molecule has 2 saturated heterocycles. The van der Waals surface area contributed by atoms with Gasteiger partial charge in [0.2, 0.25) is 17.9 Å². The number of carbonyl (C=O) groups is 5. The van der Waals surface area contributed by atoms with E-state index in [1.807, 2.05) is 54.6 Å². The number of aliphatic hydroxyl groups is 1. The molecule has 13 heteroatoms. The van der Waals surface area contributed by atoms with E-state index in [0.29, 0.717) is 24.0 Å². The first-order chi connectivity index (χ1) is 27.3. The molecule has 2 amide bonds. The maximum absolute atomic E-state index is 14.3. The van der Waals surface area contributed by atoms with Crippen molar-refractivity contribution < 1.29 is 52.8 Å². The van der Waals surface area contributed by atoms with Gasteiger partial charge in [0.25, 0.3) is 0 Å². The Morgan fingerprint density at radius 2 is 1.68 bits per heavy atom. The van der Waals surface area contributed by atoms with Gasteiger partial charge in [-0.2, -0.15) is 0 Å². The number of carbonyl (C=O) groups excluding carboxylic acids is 5. The van der Waals surface area contributed by atoms with Gasteiger partial charge in [-0.25, -0.2) is 14.4 Å². The number of nitrogens with one attached hydrogen (secondary N) is 1. The van der Waals surface area contributed by atoms with Crippen LogP contribution in [0.25, 0.3) is 6.08 Å². The number of hydrogen-bond donors (Lipinski definition) is 2. The minimum absolute atomic E-state index is 0.00975. The first-order valence-corrected chi connectivity index (χ1v) is 19.0. The molecule has 2 fully saturated rings. The number of aliphatic hydroxyl groups excluding tert-OH is 1. The molecule has 2 N–H and O–H groups in total. The average Bonchev–Trinajstić information content (AvgIpc) is 3.85. The Morgan fingerprint density at radius 1 is 0.965 bits per heavy atom. The molecule has 57 heavy (non-hydrogen) atoms. The summed E-state index contributed by atoms with van der Waals surface area (Å²) in [5.41, 5.74) is 3.34. The molecule has 4 aliphatic rings. The molecule has 5 atom stereocenters. The van der Waals surface area contributed by atoms with Crippen molar-refractivity contribution in [3.05, 3.63) is 124 Å². The zero-order valence-corrected chi connectivity index (χ0v) is 32.1. The number of benzene rings is 3. The van der Waals surface area contributed by atoms with Crippen molar-refractivity contribution in [1.29, 1.82) is 0 Å². The van der Waals surface area contributed by atoms with Gasteiger partial charge in [0.1, 0.15) is 31.0 Å². The van der Waals surface area contributed by atoms with E-state index in [-0.39, 0.29) is 38.2 Å². The van der Waals surface area contributed by atoms with E-state index < -0.39 is 71.4 Å². The Bertz CT molecular complexity index is 2070. The Hall–Kier alpha value is -5.63. The molecule has 1 spiro atoms. The first-order valence-electron chi connectivity index (χ1n) is 19.0. The lowest BCUT2D eigenvalue weighted by molar-refractivity contribution is -0.172. The number of cyclic esters (lactones) is 1.